The molecule has 20 heavy (non-hydrogen) atoms. The van der Waals surface area contributed by atoms with Crippen molar-refractivity contribution in [3.05, 3.63) is 29.0 Å². The molecule has 0 radical (unpaired) electrons. The summed E-state index contributed by atoms with van der Waals surface area (Å²) in [7, 11) is 0. The summed E-state index contributed by atoms with van der Waals surface area (Å²) in [6.07, 6.45) is 2.13. The Bertz CT molecular complexity index is 502. The molecule has 0 aliphatic heterocycles. The van der Waals surface area contributed by atoms with Crippen molar-refractivity contribution in [1.29, 1.82) is 0 Å². The Balaban J connectivity index is 2.65. The highest BCUT2D eigenvalue weighted by Gasteiger charge is 2.19. The molecule has 1 aromatic rings. The van der Waals surface area contributed by atoms with E-state index in [4.69, 9.17) is 16.7 Å². The molecule has 1 atom stereocenters. The van der Waals surface area contributed by atoms with Crippen LogP contribution in [-0.2, 0) is 4.79 Å². The SMILES string of the molecule is CSCC[C@@H](NC(=O)Nc1cc(F)ccc1Cl)C(=O)O. The minimum absolute atomic E-state index is 0.0816. The molecule has 0 saturated carbocycles. The average molecular weight is 321 g/mol. The number of thioether (sulfide) groups is 1. The van der Waals surface area contributed by atoms with E-state index in [1.807, 2.05) is 6.26 Å². The van der Waals surface area contributed by atoms with Crippen molar-refractivity contribution in [3.8, 4) is 0 Å². The van der Waals surface area contributed by atoms with Crippen LogP contribution in [0.25, 0.3) is 0 Å². The molecule has 3 N–H and O–H groups in total. The first-order valence-electron chi connectivity index (χ1n) is 5.68. The van der Waals surface area contributed by atoms with E-state index < -0.39 is 23.9 Å². The summed E-state index contributed by atoms with van der Waals surface area (Å²) in [6.45, 7) is 0. The van der Waals surface area contributed by atoms with Gasteiger partial charge in [0.05, 0.1) is 10.7 Å². The van der Waals surface area contributed by atoms with Crippen LogP contribution < -0.4 is 10.6 Å². The molecule has 1 aromatic carbocycles. The van der Waals surface area contributed by atoms with Gasteiger partial charge in [-0.25, -0.2) is 14.0 Å². The predicted molar refractivity (Wildman–Crippen MR) is 78.0 cm³/mol. The summed E-state index contributed by atoms with van der Waals surface area (Å²) in [5.74, 6) is -1.08. The van der Waals surface area contributed by atoms with Gasteiger partial charge in [0, 0.05) is 0 Å². The van der Waals surface area contributed by atoms with Gasteiger partial charge in [0.1, 0.15) is 11.9 Å². The zero-order valence-corrected chi connectivity index (χ0v) is 12.2. The second-order valence-corrected chi connectivity index (χ2v) is 5.29. The maximum atomic E-state index is 13.0. The van der Waals surface area contributed by atoms with Crippen LogP contribution in [-0.4, -0.2) is 35.2 Å². The number of aliphatic carboxylic acids is 1. The molecule has 2 amide bonds. The number of carboxylic acid groups (broad SMARTS) is 1. The van der Waals surface area contributed by atoms with Crippen LogP contribution in [0.2, 0.25) is 5.02 Å². The monoisotopic (exact) mass is 320 g/mol. The van der Waals surface area contributed by atoms with Crippen molar-refractivity contribution >= 4 is 41.1 Å². The Morgan fingerprint density at radius 2 is 2.20 bits per heavy atom. The Morgan fingerprint density at radius 1 is 1.50 bits per heavy atom. The van der Waals surface area contributed by atoms with Crippen LogP contribution in [0.15, 0.2) is 18.2 Å². The summed E-state index contributed by atoms with van der Waals surface area (Å²) in [4.78, 5) is 22.7. The summed E-state index contributed by atoms with van der Waals surface area (Å²) < 4.78 is 13.0. The molecule has 0 aliphatic rings. The molecule has 0 aromatic heterocycles. The summed E-state index contributed by atoms with van der Waals surface area (Å²) in [5, 5.41) is 13.8. The standard InChI is InChI=1S/C12H14ClFN2O3S/c1-20-5-4-9(11(17)18)15-12(19)16-10-6-7(14)2-3-8(10)13/h2-3,6,9H,4-5H2,1H3,(H,17,18)(H2,15,16,19)/t9-/m1/s1. The van der Waals surface area contributed by atoms with Crippen molar-refractivity contribution in [3.63, 3.8) is 0 Å². The zero-order valence-electron chi connectivity index (χ0n) is 10.7. The summed E-state index contributed by atoms with van der Waals surface area (Å²) >= 11 is 7.27. The summed E-state index contributed by atoms with van der Waals surface area (Å²) in [5.41, 5.74) is 0.0816. The molecule has 1 rings (SSSR count). The lowest BCUT2D eigenvalue weighted by Crippen LogP contribution is -2.43. The molecule has 5 nitrogen and oxygen atoms in total. The molecular weight excluding hydrogens is 307 g/mol. The molecular formula is C12H14ClFN2O3S. The Morgan fingerprint density at radius 3 is 2.80 bits per heavy atom. The second-order valence-electron chi connectivity index (χ2n) is 3.89. The molecule has 0 spiro atoms. The van der Waals surface area contributed by atoms with Gasteiger partial charge in [-0.15, -0.1) is 0 Å². The number of carboxylic acids is 1. The normalized spacial score (nSPS) is 11.8. The predicted octanol–water partition coefficient (Wildman–Crippen LogP) is 2.81. The van der Waals surface area contributed by atoms with Crippen LogP contribution in [0.5, 0.6) is 0 Å². The third kappa shape index (κ3) is 5.26. The molecule has 0 bridgehead atoms. The lowest BCUT2D eigenvalue weighted by atomic mass is 10.2. The van der Waals surface area contributed by atoms with Gasteiger partial charge >= 0.3 is 12.0 Å². The fourth-order valence-electron chi connectivity index (χ4n) is 1.40. The van der Waals surface area contributed by atoms with Gasteiger partial charge in [0.2, 0.25) is 0 Å². The number of amides is 2. The molecule has 0 aliphatic carbocycles. The van der Waals surface area contributed by atoms with Gasteiger partial charge in [-0.2, -0.15) is 11.8 Å². The first kappa shape index (κ1) is 16.6. The third-order valence-electron chi connectivity index (χ3n) is 2.39. The van der Waals surface area contributed by atoms with E-state index >= 15 is 0 Å². The van der Waals surface area contributed by atoms with E-state index in [0.717, 1.165) is 12.1 Å². The maximum absolute atomic E-state index is 13.0. The van der Waals surface area contributed by atoms with Gasteiger partial charge in [-0.05, 0) is 36.6 Å². The van der Waals surface area contributed by atoms with Crippen molar-refractivity contribution in [2.75, 3.05) is 17.3 Å². The lowest BCUT2D eigenvalue weighted by molar-refractivity contribution is -0.139. The quantitative estimate of drug-likeness (QED) is 0.753. The van der Waals surface area contributed by atoms with Gasteiger partial charge in [0.15, 0.2) is 0 Å². The van der Waals surface area contributed by atoms with Crippen LogP contribution >= 0.6 is 23.4 Å². The minimum Gasteiger partial charge on any atom is -0.480 e. The number of urea groups is 1. The Labute approximate surface area is 124 Å². The van der Waals surface area contributed by atoms with E-state index in [2.05, 4.69) is 10.6 Å². The number of benzene rings is 1. The molecule has 110 valence electrons. The average Bonchev–Trinajstić information content (AvgIpc) is 2.38. The lowest BCUT2D eigenvalue weighted by Gasteiger charge is -2.15. The largest absolute Gasteiger partial charge is 0.480 e. The van der Waals surface area contributed by atoms with E-state index in [-0.39, 0.29) is 10.7 Å². The van der Waals surface area contributed by atoms with Crippen LogP contribution in [0.1, 0.15) is 6.42 Å². The van der Waals surface area contributed by atoms with Crippen LogP contribution in [0.3, 0.4) is 0 Å². The minimum atomic E-state index is -1.13. The number of halogens is 2. The van der Waals surface area contributed by atoms with Crippen LogP contribution in [0.4, 0.5) is 14.9 Å². The first-order chi connectivity index (χ1) is 9.43. The number of hydrogen-bond acceptors (Lipinski definition) is 3. The maximum Gasteiger partial charge on any atom is 0.326 e. The van der Waals surface area contributed by atoms with E-state index in [1.54, 1.807) is 0 Å². The Kier molecular flexibility index (Phi) is 6.60. The highest BCUT2D eigenvalue weighted by atomic mass is 35.5. The number of rotatable bonds is 6. The number of carbonyl (C=O) groups is 2. The fourth-order valence-corrected chi connectivity index (χ4v) is 2.04. The van der Waals surface area contributed by atoms with Crippen LogP contribution in [0, 0.1) is 5.82 Å². The number of hydrogen-bond donors (Lipinski definition) is 3. The molecule has 0 fully saturated rings. The topological polar surface area (TPSA) is 78.4 Å². The van der Waals surface area contributed by atoms with Gasteiger partial charge < -0.3 is 15.7 Å². The number of anilines is 1. The van der Waals surface area contributed by atoms with Gasteiger partial charge in [-0.1, -0.05) is 11.6 Å². The van der Waals surface area contributed by atoms with Crippen molar-refractivity contribution in [2.24, 2.45) is 0 Å². The number of nitrogens with one attached hydrogen (secondary N) is 2. The first-order valence-corrected chi connectivity index (χ1v) is 7.45. The Hall–Kier alpha value is -1.47. The fraction of sp³-hybridized carbons (Fsp3) is 0.333. The highest BCUT2D eigenvalue weighted by Crippen LogP contribution is 2.22. The van der Waals surface area contributed by atoms with Crippen molar-refractivity contribution < 1.29 is 19.1 Å². The number of carbonyl (C=O) groups excluding carboxylic acids is 1. The third-order valence-corrected chi connectivity index (χ3v) is 3.36. The smallest absolute Gasteiger partial charge is 0.326 e. The van der Waals surface area contributed by atoms with E-state index in [0.29, 0.717) is 12.2 Å². The van der Waals surface area contributed by atoms with Crippen molar-refractivity contribution in [1.82, 2.24) is 5.32 Å². The van der Waals surface area contributed by atoms with Gasteiger partial charge in [0.25, 0.3) is 0 Å². The highest BCUT2D eigenvalue weighted by molar-refractivity contribution is 7.98. The van der Waals surface area contributed by atoms with E-state index in [9.17, 15) is 14.0 Å². The molecule has 8 heteroatoms. The zero-order chi connectivity index (χ0) is 15.1. The molecule has 0 heterocycles. The van der Waals surface area contributed by atoms with Gasteiger partial charge in [-0.3, -0.25) is 0 Å². The summed E-state index contributed by atoms with van der Waals surface area (Å²) in [6, 6.07) is 1.76. The molecule has 0 saturated heterocycles. The molecule has 0 unspecified atom stereocenters. The van der Waals surface area contributed by atoms with E-state index in [1.165, 1.54) is 17.8 Å². The van der Waals surface area contributed by atoms with Crippen molar-refractivity contribution in [2.45, 2.75) is 12.5 Å². The second kappa shape index (κ2) is 7.96.